The Hall–Kier alpha value is -1.82. The van der Waals surface area contributed by atoms with E-state index in [-0.39, 0.29) is 23.7 Å². The van der Waals surface area contributed by atoms with Crippen molar-refractivity contribution >= 4 is 29.1 Å². The summed E-state index contributed by atoms with van der Waals surface area (Å²) in [6, 6.07) is 3.95. The monoisotopic (exact) mass is 325 g/mol. The van der Waals surface area contributed by atoms with Gasteiger partial charge in [0.25, 0.3) is 0 Å². The van der Waals surface area contributed by atoms with E-state index in [1.165, 1.54) is 12.1 Å². The molecule has 2 aliphatic rings. The molecule has 2 aliphatic heterocycles. The fraction of sp³-hybridized carbons (Fsp3) is 0.467. The van der Waals surface area contributed by atoms with E-state index >= 15 is 0 Å². The number of anilines is 1. The Balaban J connectivity index is 1.60. The molecular weight excluding hydrogens is 309 g/mol. The third kappa shape index (κ3) is 3.02. The lowest BCUT2D eigenvalue weighted by atomic mass is 10.1. The molecule has 0 bridgehead atoms. The average molecular weight is 326 g/mol. The van der Waals surface area contributed by atoms with Crippen LogP contribution in [0.3, 0.4) is 0 Å². The second-order valence-electron chi connectivity index (χ2n) is 5.57. The zero-order valence-electron chi connectivity index (χ0n) is 12.0. The van der Waals surface area contributed by atoms with Crippen LogP contribution in [0.15, 0.2) is 18.2 Å². The summed E-state index contributed by atoms with van der Waals surface area (Å²) in [5.41, 5.74) is 0.782. The zero-order valence-corrected chi connectivity index (χ0v) is 12.8. The summed E-state index contributed by atoms with van der Waals surface area (Å²) in [6.07, 6.45) is 0.989. The number of nitrogens with zero attached hydrogens (tertiary/aromatic N) is 2. The molecule has 2 fully saturated rings. The highest BCUT2D eigenvalue weighted by Crippen LogP contribution is 2.27. The maximum atomic E-state index is 13.1. The summed E-state index contributed by atoms with van der Waals surface area (Å²) >= 11 is 6.07. The third-order valence-electron chi connectivity index (χ3n) is 4.14. The minimum atomic E-state index is -0.381. The lowest BCUT2D eigenvalue weighted by Gasteiger charge is -2.37. The van der Waals surface area contributed by atoms with Crippen LogP contribution in [0.4, 0.5) is 10.1 Å². The van der Waals surface area contributed by atoms with Gasteiger partial charge in [0.05, 0.1) is 10.7 Å². The molecule has 1 N–H and O–H groups in total. The van der Waals surface area contributed by atoms with Gasteiger partial charge in [0.2, 0.25) is 11.8 Å². The van der Waals surface area contributed by atoms with Crippen molar-refractivity contribution < 1.29 is 14.0 Å². The minimum absolute atomic E-state index is 0.0179. The molecule has 2 amide bonds. The van der Waals surface area contributed by atoms with E-state index in [4.69, 9.17) is 11.6 Å². The van der Waals surface area contributed by atoms with Crippen molar-refractivity contribution in [3.63, 3.8) is 0 Å². The number of amides is 2. The summed E-state index contributed by atoms with van der Waals surface area (Å²) in [5.74, 6) is -0.440. The van der Waals surface area contributed by atoms with Crippen LogP contribution in [0, 0.1) is 5.82 Å². The highest BCUT2D eigenvalue weighted by atomic mass is 35.5. The molecule has 0 unspecified atom stereocenters. The molecule has 22 heavy (non-hydrogen) atoms. The Bertz CT molecular complexity index is 602. The van der Waals surface area contributed by atoms with Crippen molar-refractivity contribution in [2.45, 2.75) is 18.9 Å². The van der Waals surface area contributed by atoms with E-state index in [0.717, 1.165) is 5.69 Å². The molecule has 5 nitrogen and oxygen atoms in total. The summed E-state index contributed by atoms with van der Waals surface area (Å²) in [5, 5.41) is 3.08. The SMILES string of the molecule is O=C1CC[C@H](C(=O)N2CCN(c3ccc(F)cc3Cl)CC2)N1. The molecule has 2 heterocycles. The molecule has 0 aliphatic carbocycles. The predicted octanol–water partition coefficient (Wildman–Crippen LogP) is 1.41. The number of hydrogen-bond donors (Lipinski definition) is 1. The number of rotatable bonds is 2. The van der Waals surface area contributed by atoms with Gasteiger partial charge in [-0.1, -0.05) is 11.6 Å². The van der Waals surface area contributed by atoms with E-state index in [1.54, 1.807) is 11.0 Å². The molecule has 3 rings (SSSR count). The maximum absolute atomic E-state index is 13.1. The zero-order chi connectivity index (χ0) is 15.7. The summed E-state index contributed by atoms with van der Waals surface area (Å²) < 4.78 is 13.1. The van der Waals surface area contributed by atoms with Gasteiger partial charge in [0.15, 0.2) is 0 Å². The van der Waals surface area contributed by atoms with Crippen LogP contribution in [0.2, 0.25) is 5.02 Å². The van der Waals surface area contributed by atoms with Crippen molar-refractivity contribution in [3.8, 4) is 0 Å². The van der Waals surface area contributed by atoms with E-state index in [9.17, 15) is 14.0 Å². The molecule has 2 saturated heterocycles. The van der Waals surface area contributed by atoms with E-state index in [0.29, 0.717) is 44.0 Å². The molecule has 0 aromatic heterocycles. The predicted molar refractivity (Wildman–Crippen MR) is 81.4 cm³/mol. The van der Waals surface area contributed by atoms with Gasteiger partial charge in [0, 0.05) is 32.6 Å². The molecule has 0 spiro atoms. The second-order valence-corrected chi connectivity index (χ2v) is 5.97. The number of carbonyl (C=O) groups excluding carboxylic acids is 2. The Morgan fingerprint density at radius 1 is 1.27 bits per heavy atom. The smallest absolute Gasteiger partial charge is 0.245 e. The Morgan fingerprint density at radius 2 is 2.00 bits per heavy atom. The summed E-state index contributed by atoms with van der Waals surface area (Å²) in [4.78, 5) is 27.3. The third-order valence-corrected chi connectivity index (χ3v) is 4.44. The van der Waals surface area contributed by atoms with E-state index < -0.39 is 0 Å². The molecular formula is C15H17ClFN3O2. The van der Waals surface area contributed by atoms with Crippen LogP contribution in [-0.2, 0) is 9.59 Å². The van der Waals surface area contributed by atoms with Gasteiger partial charge in [0.1, 0.15) is 11.9 Å². The fourth-order valence-corrected chi connectivity index (χ4v) is 3.21. The number of hydrogen-bond acceptors (Lipinski definition) is 3. The molecule has 0 radical (unpaired) electrons. The largest absolute Gasteiger partial charge is 0.367 e. The lowest BCUT2D eigenvalue weighted by molar-refractivity contribution is -0.134. The fourth-order valence-electron chi connectivity index (χ4n) is 2.93. The molecule has 1 aromatic carbocycles. The van der Waals surface area contributed by atoms with Crippen LogP contribution >= 0.6 is 11.6 Å². The average Bonchev–Trinajstić information content (AvgIpc) is 2.93. The molecule has 1 atom stereocenters. The van der Waals surface area contributed by atoms with E-state index in [2.05, 4.69) is 5.32 Å². The van der Waals surface area contributed by atoms with Crippen molar-refractivity contribution in [1.29, 1.82) is 0 Å². The number of benzene rings is 1. The topological polar surface area (TPSA) is 52.7 Å². The quantitative estimate of drug-likeness (QED) is 0.894. The van der Waals surface area contributed by atoms with Crippen molar-refractivity contribution in [3.05, 3.63) is 29.0 Å². The van der Waals surface area contributed by atoms with Crippen LogP contribution in [0.25, 0.3) is 0 Å². The Labute approximate surface area is 133 Å². The summed E-state index contributed by atoms with van der Waals surface area (Å²) in [7, 11) is 0. The number of piperazine rings is 1. The van der Waals surface area contributed by atoms with Gasteiger partial charge >= 0.3 is 0 Å². The van der Waals surface area contributed by atoms with Crippen LogP contribution < -0.4 is 10.2 Å². The minimum Gasteiger partial charge on any atom is -0.367 e. The van der Waals surface area contributed by atoms with Crippen molar-refractivity contribution in [2.24, 2.45) is 0 Å². The standard InChI is InChI=1S/C15H17ClFN3O2/c16-11-9-10(17)1-3-13(11)19-5-7-20(8-6-19)15(22)12-2-4-14(21)18-12/h1,3,9,12H,2,4-8H2,(H,18,21)/t12-/m1/s1. The first-order chi connectivity index (χ1) is 10.5. The van der Waals surface area contributed by atoms with Gasteiger partial charge in [-0.3, -0.25) is 9.59 Å². The maximum Gasteiger partial charge on any atom is 0.245 e. The van der Waals surface area contributed by atoms with Gasteiger partial charge < -0.3 is 15.1 Å². The van der Waals surface area contributed by atoms with E-state index in [1.807, 2.05) is 4.90 Å². The Morgan fingerprint density at radius 3 is 2.59 bits per heavy atom. The molecule has 118 valence electrons. The van der Waals surface area contributed by atoms with Crippen molar-refractivity contribution in [1.82, 2.24) is 10.2 Å². The van der Waals surface area contributed by atoms with Crippen molar-refractivity contribution in [2.75, 3.05) is 31.1 Å². The van der Waals surface area contributed by atoms with Crippen LogP contribution in [0.5, 0.6) is 0 Å². The van der Waals surface area contributed by atoms with Gasteiger partial charge in [-0.25, -0.2) is 4.39 Å². The molecule has 7 heteroatoms. The first-order valence-electron chi connectivity index (χ1n) is 7.33. The number of nitrogens with one attached hydrogen (secondary N) is 1. The highest BCUT2D eigenvalue weighted by Gasteiger charge is 2.32. The molecule has 0 saturated carbocycles. The highest BCUT2D eigenvalue weighted by molar-refractivity contribution is 6.33. The first-order valence-corrected chi connectivity index (χ1v) is 7.70. The second kappa shape index (κ2) is 6.12. The number of halogens is 2. The molecule has 1 aromatic rings. The van der Waals surface area contributed by atoms with Gasteiger partial charge in [-0.15, -0.1) is 0 Å². The van der Waals surface area contributed by atoms with Crippen LogP contribution in [-0.4, -0.2) is 48.9 Å². The normalized spacial score (nSPS) is 21.9. The van der Waals surface area contributed by atoms with Gasteiger partial charge in [-0.05, 0) is 24.6 Å². The first kappa shape index (κ1) is 15.1. The lowest BCUT2D eigenvalue weighted by Crippen LogP contribution is -2.53. The summed E-state index contributed by atoms with van der Waals surface area (Å²) in [6.45, 7) is 2.41. The van der Waals surface area contributed by atoms with Gasteiger partial charge in [-0.2, -0.15) is 0 Å². The number of carbonyl (C=O) groups is 2. The Kier molecular flexibility index (Phi) is 4.20. The van der Waals surface area contributed by atoms with Crippen LogP contribution in [0.1, 0.15) is 12.8 Å².